The third kappa shape index (κ3) is 5.66. The second kappa shape index (κ2) is 9.72. The molecule has 0 amide bonds. The van der Waals surface area contributed by atoms with Crippen LogP contribution in [0.5, 0.6) is 0 Å². The van der Waals surface area contributed by atoms with Crippen LogP contribution >= 0.6 is 15.6 Å². The van der Waals surface area contributed by atoms with Gasteiger partial charge in [0.25, 0.3) is 0 Å². The van der Waals surface area contributed by atoms with Crippen LogP contribution < -0.4 is 5.73 Å². The summed E-state index contributed by atoms with van der Waals surface area (Å²) in [5.41, 5.74) is 6.11. The molecule has 17 nitrogen and oxygen atoms in total. The van der Waals surface area contributed by atoms with Gasteiger partial charge in [0, 0.05) is 0 Å². The Labute approximate surface area is 179 Å². The van der Waals surface area contributed by atoms with Crippen LogP contribution in [0.1, 0.15) is 6.23 Å². The van der Waals surface area contributed by atoms with E-state index in [1.165, 1.54) is 10.9 Å². The van der Waals surface area contributed by atoms with Gasteiger partial charge in [0.05, 0.1) is 26.1 Å². The zero-order chi connectivity index (χ0) is 23.7. The third-order valence-corrected chi connectivity index (χ3v) is 6.85. The molecule has 180 valence electrons. The van der Waals surface area contributed by atoms with Crippen molar-refractivity contribution in [2.24, 2.45) is 0 Å². The van der Waals surface area contributed by atoms with Crippen LogP contribution in [-0.4, -0.2) is 94.0 Å². The molecule has 1 fully saturated rings. The van der Waals surface area contributed by atoms with Gasteiger partial charge in [0.15, 0.2) is 17.7 Å². The standard InChI is InChI=1S/C13H21N5O12P2/c14-11-8-12(16-4-15-11)18(5-17-8)13-10(22)9(21)7(29-13)3-28-32(25,26)30-31(23,24)27-2-6(20)1-19/h4-7,9-10,13,19-22H,1-3H2,(H,23,24)(H,25,26)(H2,14,15,16)/t6-,7+,9+,10+,13+/m0/s1. The quantitative estimate of drug-likeness (QED) is 0.168. The molecule has 3 heterocycles. The lowest BCUT2D eigenvalue weighted by Crippen LogP contribution is -2.33. The van der Waals surface area contributed by atoms with Gasteiger partial charge < -0.3 is 40.7 Å². The number of ether oxygens (including phenoxy) is 1. The van der Waals surface area contributed by atoms with Gasteiger partial charge in [-0.05, 0) is 0 Å². The van der Waals surface area contributed by atoms with E-state index in [4.69, 9.17) is 20.7 Å². The second-order valence-corrected chi connectivity index (χ2v) is 9.62. The molecule has 3 rings (SSSR count). The van der Waals surface area contributed by atoms with Crippen LogP contribution in [0.4, 0.5) is 5.82 Å². The van der Waals surface area contributed by atoms with Crippen molar-refractivity contribution in [3.05, 3.63) is 12.7 Å². The number of hydrogen-bond acceptors (Lipinski definition) is 14. The first-order valence-electron chi connectivity index (χ1n) is 8.83. The number of phosphoric acid groups is 2. The first-order chi connectivity index (χ1) is 14.9. The van der Waals surface area contributed by atoms with E-state index in [0.29, 0.717) is 0 Å². The van der Waals surface area contributed by atoms with Crippen molar-refractivity contribution in [2.75, 3.05) is 25.6 Å². The summed E-state index contributed by atoms with van der Waals surface area (Å²) in [6.07, 6.45) is -4.88. The number of anilines is 1. The summed E-state index contributed by atoms with van der Waals surface area (Å²) in [5, 5.41) is 38.3. The number of rotatable bonds is 10. The van der Waals surface area contributed by atoms with Crippen molar-refractivity contribution >= 4 is 32.6 Å². The monoisotopic (exact) mass is 501 g/mol. The van der Waals surface area contributed by atoms with Gasteiger partial charge in [-0.3, -0.25) is 13.6 Å². The lowest BCUT2D eigenvalue weighted by atomic mass is 10.1. The molecule has 1 saturated heterocycles. The minimum Gasteiger partial charge on any atom is -0.394 e. The molecule has 8 N–H and O–H groups in total. The van der Waals surface area contributed by atoms with E-state index in [0.717, 1.165) is 6.33 Å². The summed E-state index contributed by atoms with van der Waals surface area (Å²) >= 11 is 0. The molecule has 0 aliphatic carbocycles. The first-order valence-corrected chi connectivity index (χ1v) is 11.8. The molecular weight excluding hydrogens is 480 g/mol. The zero-order valence-corrected chi connectivity index (χ0v) is 17.8. The van der Waals surface area contributed by atoms with Crippen LogP contribution in [-0.2, 0) is 27.2 Å². The zero-order valence-electron chi connectivity index (χ0n) is 16.1. The molecule has 32 heavy (non-hydrogen) atoms. The normalized spacial score (nSPS) is 28.4. The van der Waals surface area contributed by atoms with Gasteiger partial charge in [-0.15, -0.1) is 0 Å². The number of aromatic nitrogens is 4. The van der Waals surface area contributed by atoms with E-state index in [2.05, 4.69) is 28.3 Å². The fourth-order valence-corrected chi connectivity index (χ4v) is 4.85. The Morgan fingerprint density at radius 1 is 1.16 bits per heavy atom. The molecule has 2 aromatic rings. The first kappa shape index (κ1) is 25.0. The number of fused-ring (bicyclic) bond motifs is 1. The van der Waals surface area contributed by atoms with Gasteiger partial charge in [0.2, 0.25) is 0 Å². The Morgan fingerprint density at radius 3 is 2.53 bits per heavy atom. The predicted octanol–water partition coefficient (Wildman–Crippen LogP) is -2.37. The van der Waals surface area contributed by atoms with E-state index in [1.54, 1.807) is 0 Å². The molecular formula is C13H21N5O12P2. The Hall–Kier alpha value is -1.59. The summed E-state index contributed by atoms with van der Waals surface area (Å²) in [6.45, 7) is -2.50. The predicted molar refractivity (Wildman–Crippen MR) is 101 cm³/mol. The average molecular weight is 501 g/mol. The molecule has 0 aromatic carbocycles. The molecule has 2 unspecified atom stereocenters. The largest absolute Gasteiger partial charge is 0.481 e. The maximum Gasteiger partial charge on any atom is 0.481 e. The fourth-order valence-electron chi connectivity index (χ4n) is 2.73. The smallest absolute Gasteiger partial charge is 0.394 e. The molecule has 0 radical (unpaired) electrons. The minimum atomic E-state index is -5.22. The van der Waals surface area contributed by atoms with Crippen LogP contribution in [0.25, 0.3) is 11.2 Å². The van der Waals surface area contributed by atoms with Gasteiger partial charge in [-0.1, -0.05) is 0 Å². The third-order valence-electron chi connectivity index (χ3n) is 4.25. The second-order valence-electron chi connectivity index (χ2n) is 6.58. The number of nitrogens with two attached hydrogens (primary N) is 1. The summed E-state index contributed by atoms with van der Waals surface area (Å²) in [5.74, 6) is 0.0715. The van der Waals surface area contributed by atoms with Crippen LogP contribution in [0.15, 0.2) is 12.7 Å². The number of nitrogen functional groups attached to an aromatic ring is 1. The Bertz CT molecular complexity index is 1040. The van der Waals surface area contributed by atoms with Crippen molar-refractivity contribution in [2.45, 2.75) is 30.6 Å². The Balaban J connectivity index is 1.63. The van der Waals surface area contributed by atoms with Gasteiger partial charge >= 0.3 is 15.6 Å². The van der Waals surface area contributed by atoms with Gasteiger partial charge in [0.1, 0.15) is 36.3 Å². The lowest BCUT2D eigenvalue weighted by molar-refractivity contribution is -0.0505. The molecule has 0 spiro atoms. The van der Waals surface area contributed by atoms with E-state index >= 15 is 0 Å². The Morgan fingerprint density at radius 2 is 1.84 bits per heavy atom. The molecule has 7 atom stereocenters. The molecule has 2 aromatic heterocycles. The summed E-state index contributed by atoms with van der Waals surface area (Å²) in [6, 6.07) is 0. The highest BCUT2D eigenvalue weighted by atomic mass is 31.3. The van der Waals surface area contributed by atoms with Gasteiger partial charge in [-0.25, -0.2) is 24.1 Å². The van der Waals surface area contributed by atoms with Crippen LogP contribution in [0, 0.1) is 0 Å². The number of aliphatic hydroxyl groups excluding tert-OH is 4. The lowest BCUT2D eigenvalue weighted by Gasteiger charge is -2.19. The highest BCUT2D eigenvalue weighted by Crippen LogP contribution is 2.60. The van der Waals surface area contributed by atoms with Crippen LogP contribution in [0.2, 0.25) is 0 Å². The maximum atomic E-state index is 12.0. The molecule has 0 saturated carbocycles. The maximum absolute atomic E-state index is 12.0. The van der Waals surface area contributed by atoms with Crippen molar-refractivity contribution in [1.29, 1.82) is 0 Å². The number of phosphoric ester groups is 2. The van der Waals surface area contributed by atoms with Crippen molar-refractivity contribution in [3.8, 4) is 0 Å². The van der Waals surface area contributed by atoms with E-state index in [1.807, 2.05) is 0 Å². The van der Waals surface area contributed by atoms with E-state index in [-0.39, 0.29) is 17.0 Å². The summed E-state index contributed by atoms with van der Waals surface area (Å²) < 4.78 is 43.3. The minimum absolute atomic E-state index is 0.0715. The van der Waals surface area contributed by atoms with E-state index in [9.17, 15) is 29.1 Å². The number of hydrogen-bond donors (Lipinski definition) is 7. The SMILES string of the molecule is Nc1ncnc2c1ncn2[C@@H]1O[C@H](COP(=O)(O)OP(=O)(O)OC[C@@H](O)CO)[C@@H](O)[C@H]1O. The summed E-state index contributed by atoms with van der Waals surface area (Å²) in [4.78, 5) is 30.8. The highest BCUT2D eigenvalue weighted by molar-refractivity contribution is 7.61. The fraction of sp³-hybridized carbons (Fsp3) is 0.615. The van der Waals surface area contributed by atoms with E-state index < -0.39 is 66.1 Å². The number of nitrogens with zero attached hydrogens (tertiary/aromatic N) is 4. The number of imidazole rings is 1. The molecule has 19 heteroatoms. The molecule has 0 bridgehead atoms. The topological polar surface area (TPSA) is 262 Å². The highest BCUT2D eigenvalue weighted by Gasteiger charge is 2.46. The van der Waals surface area contributed by atoms with Crippen molar-refractivity contribution < 1.29 is 57.4 Å². The van der Waals surface area contributed by atoms with Gasteiger partial charge in [-0.2, -0.15) is 4.31 Å². The average Bonchev–Trinajstić information content (AvgIpc) is 3.26. The van der Waals surface area contributed by atoms with Crippen molar-refractivity contribution in [3.63, 3.8) is 0 Å². The van der Waals surface area contributed by atoms with Crippen molar-refractivity contribution in [1.82, 2.24) is 19.5 Å². The van der Waals surface area contributed by atoms with Crippen LogP contribution in [0.3, 0.4) is 0 Å². The molecule has 1 aliphatic heterocycles. The summed E-state index contributed by atoms with van der Waals surface area (Å²) in [7, 11) is -10.4. The Kier molecular flexibility index (Phi) is 7.61. The number of aliphatic hydroxyl groups is 4. The molecule has 1 aliphatic rings.